The van der Waals surface area contributed by atoms with Crippen molar-refractivity contribution in [2.75, 3.05) is 7.05 Å². The molecule has 0 aliphatic heterocycles. The second kappa shape index (κ2) is 6.91. The Kier molecular flexibility index (Phi) is 4.71. The molecule has 0 spiro atoms. The summed E-state index contributed by atoms with van der Waals surface area (Å²) in [5, 5.41) is 3.96. The molecule has 0 saturated heterocycles. The lowest BCUT2D eigenvalue weighted by atomic mass is 10.2. The van der Waals surface area contributed by atoms with Crippen molar-refractivity contribution in [3.8, 4) is 11.4 Å². The van der Waals surface area contributed by atoms with E-state index in [1.807, 2.05) is 54.6 Å². The van der Waals surface area contributed by atoms with Gasteiger partial charge in [0.25, 0.3) is 5.91 Å². The van der Waals surface area contributed by atoms with Crippen LogP contribution < -0.4 is 0 Å². The summed E-state index contributed by atoms with van der Waals surface area (Å²) in [4.78, 5) is 18.3. The third-order valence-corrected chi connectivity index (χ3v) is 4.03. The molecule has 0 atom stereocenters. The molecule has 0 aliphatic carbocycles. The Balaban J connectivity index is 1.71. The lowest BCUT2D eigenvalue weighted by Gasteiger charge is -2.14. The molecule has 0 N–H and O–H groups in total. The number of benzene rings is 2. The first-order chi connectivity index (χ1) is 11.1. The molecule has 1 amide bonds. The third-order valence-electron chi connectivity index (χ3n) is 3.31. The third kappa shape index (κ3) is 3.76. The zero-order chi connectivity index (χ0) is 16.2. The van der Waals surface area contributed by atoms with Crippen LogP contribution >= 0.6 is 22.6 Å². The van der Waals surface area contributed by atoms with Crippen LogP contribution in [0.2, 0.25) is 0 Å². The Hall–Kier alpha value is -2.22. The van der Waals surface area contributed by atoms with Crippen LogP contribution in [0.5, 0.6) is 0 Å². The number of rotatable bonds is 4. The van der Waals surface area contributed by atoms with Gasteiger partial charge in [0.1, 0.15) is 0 Å². The minimum Gasteiger partial charge on any atom is -0.337 e. The van der Waals surface area contributed by atoms with E-state index in [4.69, 9.17) is 4.52 Å². The summed E-state index contributed by atoms with van der Waals surface area (Å²) in [6.07, 6.45) is 0. The van der Waals surface area contributed by atoms with E-state index < -0.39 is 0 Å². The zero-order valence-corrected chi connectivity index (χ0v) is 14.6. The Morgan fingerprint density at radius 1 is 1.13 bits per heavy atom. The molecular formula is C17H14IN3O2. The molecule has 0 fully saturated rings. The molecule has 1 heterocycles. The molecule has 0 saturated carbocycles. The van der Waals surface area contributed by atoms with Gasteiger partial charge in [-0.1, -0.05) is 35.5 Å². The molecule has 2 aromatic carbocycles. The smallest absolute Gasteiger partial charge is 0.254 e. The fourth-order valence-electron chi connectivity index (χ4n) is 2.11. The maximum atomic E-state index is 12.4. The summed E-state index contributed by atoms with van der Waals surface area (Å²) in [6, 6.07) is 17.0. The van der Waals surface area contributed by atoms with E-state index in [0.29, 0.717) is 17.3 Å². The number of hydrogen-bond donors (Lipinski definition) is 0. The van der Waals surface area contributed by atoms with Crippen molar-refractivity contribution in [2.45, 2.75) is 6.54 Å². The molecule has 3 aromatic rings. The van der Waals surface area contributed by atoms with Crippen molar-refractivity contribution in [3.63, 3.8) is 0 Å². The average Bonchev–Trinajstić information content (AvgIpc) is 3.04. The second-order valence-corrected chi connectivity index (χ2v) is 6.29. The number of carbonyl (C=O) groups excluding carboxylic acids is 1. The molecular weight excluding hydrogens is 405 g/mol. The Bertz CT molecular complexity index is 800. The minimum absolute atomic E-state index is 0.0825. The van der Waals surface area contributed by atoms with Gasteiger partial charge >= 0.3 is 0 Å². The van der Waals surface area contributed by atoms with Crippen LogP contribution in [0.25, 0.3) is 11.4 Å². The van der Waals surface area contributed by atoms with E-state index in [1.165, 1.54) is 0 Å². The van der Waals surface area contributed by atoms with E-state index in [2.05, 4.69) is 32.7 Å². The van der Waals surface area contributed by atoms with E-state index in [-0.39, 0.29) is 12.5 Å². The molecule has 116 valence electrons. The molecule has 0 bridgehead atoms. The van der Waals surface area contributed by atoms with Crippen molar-refractivity contribution in [3.05, 3.63) is 69.6 Å². The van der Waals surface area contributed by atoms with Crippen molar-refractivity contribution in [2.24, 2.45) is 0 Å². The molecule has 1 aromatic heterocycles. The topological polar surface area (TPSA) is 59.2 Å². The van der Waals surface area contributed by atoms with Gasteiger partial charge < -0.3 is 9.42 Å². The number of nitrogens with zero attached hydrogens (tertiary/aromatic N) is 3. The number of amides is 1. The maximum absolute atomic E-state index is 12.4. The summed E-state index contributed by atoms with van der Waals surface area (Å²) in [7, 11) is 1.71. The highest BCUT2D eigenvalue weighted by atomic mass is 127. The molecule has 23 heavy (non-hydrogen) atoms. The van der Waals surface area contributed by atoms with Gasteiger partial charge in [-0.2, -0.15) is 4.98 Å². The highest BCUT2D eigenvalue weighted by molar-refractivity contribution is 14.1. The summed E-state index contributed by atoms with van der Waals surface area (Å²) in [6.45, 7) is 0.269. The van der Waals surface area contributed by atoms with Crippen molar-refractivity contribution in [1.82, 2.24) is 15.0 Å². The first-order valence-electron chi connectivity index (χ1n) is 7.02. The predicted molar refractivity (Wildman–Crippen MR) is 94.7 cm³/mol. The van der Waals surface area contributed by atoms with Gasteiger partial charge in [-0.3, -0.25) is 4.79 Å². The Morgan fingerprint density at radius 3 is 2.52 bits per heavy atom. The number of halogens is 1. The summed E-state index contributed by atoms with van der Waals surface area (Å²) in [5.74, 6) is 0.849. The Morgan fingerprint density at radius 2 is 1.83 bits per heavy atom. The SMILES string of the molecule is CN(Cc1nc(-c2ccccc2)no1)C(=O)c1ccc(I)cc1. The molecule has 0 unspecified atom stereocenters. The quantitative estimate of drug-likeness (QED) is 0.607. The second-order valence-electron chi connectivity index (χ2n) is 5.05. The van der Waals surface area contributed by atoms with Crippen LogP contribution in [0.4, 0.5) is 0 Å². The number of aromatic nitrogens is 2. The van der Waals surface area contributed by atoms with E-state index >= 15 is 0 Å². The first-order valence-corrected chi connectivity index (χ1v) is 8.10. The standard InChI is InChI=1S/C17H14IN3O2/c1-21(17(22)13-7-9-14(18)10-8-13)11-15-19-16(20-23-15)12-5-3-2-4-6-12/h2-10H,11H2,1H3. The number of carbonyl (C=O) groups is 1. The molecule has 0 aliphatic rings. The van der Waals surface area contributed by atoms with Gasteiger partial charge in [0.05, 0.1) is 6.54 Å². The van der Waals surface area contributed by atoms with Gasteiger partial charge in [-0.15, -0.1) is 0 Å². The normalized spacial score (nSPS) is 10.5. The van der Waals surface area contributed by atoms with Crippen molar-refractivity contribution in [1.29, 1.82) is 0 Å². The summed E-state index contributed by atoms with van der Waals surface area (Å²) in [5.41, 5.74) is 1.52. The van der Waals surface area contributed by atoms with Crippen LogP contribution in [0, 0.1) is 3.57 Å². The summed E-state index contributed by atoms with van der Waals surface area (Å²) >= 11 is 2.21. The van der Waals surface area contributed by atoms with Crippen LogP contribution in [0.3, 0.4) is 0 Å². The number of hydrogen-bond acceptors (Lipinski definition) is 4. The molecule has 0 radical (unpaired) electrons. The van der Waals surface area contributed by atoms with Crippen molar-refractivity contribution < 1.29 is 9.32 Å². The average molecular weight is 419 g/mol. The van der Waals surface area contributed by atoms with Gasteiger partial charge in [-0.05, 0) is 46.9 Å². The minimum atomic E-state index is -0.0825. The fraction of sp³-hybridized carbons (Fsp3) is 0.118. The predicted octanol–water partition coefficient (Wildman–Crippen LogP) is 3.61. The molecule has 3 rings (SSSR count). The molecule has 5 nitrogen and oxygen atoms in total. The fourth-order valence-corrected chi connectivity index (χ4v) is 2.47. The van der Waals surface area contributed by atoms with Gasteiger partial charge in [-0.25, -0.2) is 0 Å². The highest BCUT2D eigenvalue weighted by Crippen LogP contribution is 2.16. The van der Waals surface area contributed by atoms with Crippen LogP contribution in [-0.2, 0) is 6.54 Å². The van der Waals surface area contributed by atoms with Crippen LogP contribution in [-0.4, -0.2) is 28.0 Å². The highest BCUT2D eigenvalue weighted by Gasteiger charge is 2.16. The van der Waals surface area contributed by atoms with Crippen LogP contribution in [0.15, 0.2) is 59.1 Å². The van der Waals surface area contributed by atoms with E-state index in [0.717, 1.165) is 9.13 Å². The Labute approximate surface area is 147 Å². The van der Waals surface area contributed by atoms with Crippen molar-refractivity contribution >= 4 is 28.5 Å². The van der Waals surface area contributed by atoms with Gasteiger partial charge in [0.15, 0.2) is 0 Å². The lowest BCUT2D eigenvalue weighted by molar-refractivity contribution is 0.0769. The molecule has 6 heteroatoms. The largest absolute Gasteiger partial charge is 0.337 e. The van der Waals surface area contributed by atoms with Crippen LogP contribution in [0.1, 0.15) is 16.2 Å². The van der Waals surface area contributed by atoms with Gasteiger partial charge in [0.2, 0.25) is 11.7 Å². The maximum Gasteiger partial charge on any atom is 0.254 e. The lowest BCUT2D eigenvalue weighted by Crippen LogP contribution is -2.26. The van der Waals surface area contributed by atoms with Gasteiger partial charge in [0, 0.05) is 21.7 Å². The monoisotopic (exact) mass is 419 g/mol. The first kappa shape index (κ1) is 15.7. The van der Waals surface area contributed by atoms with E-state index in [1.54, 1.807) is 11.9 Å². The zero-order valence-electron chi connectivity index (χ0n) is 12.4. The van der Waals surface area contributed by atoms with E-state index in [9.17, 15) is 4.79 Å². The summed E-state index contributed by atoms with van der Waals surface area (Å²) < 4.78 is 6.33.